The number of nitrogens with zero attached hydrogens (tertiary/aromatic N) is 1. The summed E-state index contributed by atoms with van der Waals surface area (Å²) >= 11 is 0. The normalized spacial score (nSPS) is 30.1. The van der Waals surface area contributed by atoms with Crippen molar-refractivity contribution in [2.24, 2.45) is 5.92 Å². The molecule has 78 valence electrons. The highest BCUT2D eigenvalue weighted by molar-refractivity contribution is 7.89. The second-order valence-corrected chi connectivity index (χ2v) is 5.88. The molecule has 13 heavy (non-hydrogen) atoms. The van der Waals surface area contributed by atoms with Crippen LogP contribution in [0.15, 0.2) is 0 Å². The topological polar surface area (TPSA) is 37.1 Å². The van der Waals surface area contributed by atoms with E-state index in [4.69, 9.17) is 0 Å². The van der Waals surface area contributed by atoms with Crippen LogP contribution in [0.1, 0.15) is 33.6 Å². The van der Waals surface area contributed by atoms with Gasteiger partial charge in [-0.25, -0.2) is 8.42 Å². The Labute approximate surface area is 81.2 Å². The van der Waals surface area contributed by atoms with Gasteiger partial charge in [0.15, 0.2) is 0 Å². The van der Waals surface area contributed by atoms with Gasteiger partial charge in [-0.05, 0) is 12.3 Å². The van der Waals surface area contributed by atoms with E-state index in [-0.39, 0.29) is 0 Å². The third kappa shape index (κ3) is 2.44. The fourth-order valence-electron chi connectivity index (χ4n) is 1.57. The molecule has 1 saturated heterocycles. The minimum Gasteiger partial charge on any atom is -0.212 e. The molecular weight excluding hydrogens is 186 g/mol. The van der Waals surface area contributed by atoms with Crippen LogP contribution in [0.2, 0.25) is 0 Å². The summed E-state index contributed by atoms with van der Waals surface area (Å²) in [6, 6.07) is 0.293. The van der Waals surface area contributed by atoms with Crippen LogP contribution in [-0.4, -0.2) is 31.1 Å². The molecule has 1 aliphatic heterocycles. The SMILES string of the molecule is CCCS(=O)(=O)N1CC1C(C)CC. The van der Waals surface area contributed by atoms with Crippen molar-refractivity contribution in [3.63, 3.8) is 0 Å². The summed E-state index contributed by atoms with van der Waals surface area (Å²) < 4.78 is 24.7. The quantitative estimate of drug-likeness (QED) is 0.637. The smallest absolute Gasteiger partial charge is 0.212 e. The average molecular weight is 205 g/mol. The summed E-state index contributed by atoms with van der Waals surface area (Å²) in [5, 5.41) is 0. The first-order valence-corrected chi connectivity index (χ1v) is 6.63. The molecule has 3 unspecified atom stereocenters. The molecule has 1 rings (SSSR count). The molecule has 0 aliphatic carbocycles. The zero-order valence-corrected chi connectivity index (χ0v) is 9.47. The summed E-state index contributed by atoms with van der Waals surface area (Å²) in [5.41, 5.74) is 0. The van der Waals surface area contributed by atoms with Gasteiger partial charge in [-0.15, -0.1) is 0 Å². The van der Waals surface area contributed by atoms with Gasteiger partial charge < -0.3 is 0 Å². The molecule has 0 amide bonds. The maximum atomic E-state index is 11.5. The van der Waals surface area contributed by atoms with Crippen molar-refractivity contribution in [1.82, 2.24) is 4.31 Å². The summed E-state index contributed by atoms with van der Waals surface area (Å²) in [7, 11) is -2.91. The standard InChI is InChI=1S/C9H19NO2S/c1-4-6-13(11,12)10-7-9(10)8(3)5-2/h8-9H,4-7H2,1-3H3. The summed E-state index contributed by atoms with van der Waals surface area (Å²) in [6.45, 7) is 6.87. The van der Waals surface area contributed by atoms with Crippen molar-refractivity contribution >= 4 is 10.0 Å². The lowest BCUT2D eigenvalue weighted by molar-refractivity contribution is 0.485. The Kier molecular flexibility index (Phi) is 3.35. The first-order chi connectivity index (χ1) is 6.03. The molecule has 4 heteroatoms. The van der Waals surface area contributed by atoms with Crippen LogP contribution >= 0.6 is 0 Å². The molecule has 0 N–H and O–H groups in total. The van der Waals surface area contributed by atoms with Crippen molar-refractivity contribution in [3.8, 4) is 0 Å². The van der Waals surface area contributed by atoms with Gasteiger partial charge in [0.25, 0.3) is 0 Å². The van der Waals surface area contributed by atoms with Crippen LogP contribution < -0.4 is 0 Å². The highest BCUT2D eigenvalue weighted by Crippen LogP contribution is 2.31. The maximum absolute atomic E-state index is 11.5. The molecule has 0 bridgehead atoms. The van der Waals surface area contributed by atoms with E-state index in [2.05, 4.69) is 13.8 Å². The minimum atomic E-state index is -2.91. The Morgan fingerprint density at radius 3 is 2.54 bits per heavy atom. The fourth-order valence-corrected chi connectivity index (χ4v) is 3.32. The first-order valence-electron chi connectivity index (χ1n) is 5.02. The van der Waals surface area contributed by atoms with Crippen molar-refractivity contribution in [3.05, 3.63) is 0 Å². The van der Waals surface area contributed by atoms with Gasteiger partial charge >= 0.3 is 0 Å². The van der Waals surface area contributed by atoms with E-state index in [0.717, 1.165) is 13.0 Å². The lowest BCUT2D eigenvalue weighted by atomic mass is 10.1. The zero-order valence-electron chi connectivity index (χ0n) is 8.66. The van der Waals surface area contributed by atoms with Crippen LogP contribution in [0.5, 0.6) is 0 Å². The number of hydrogen-bond acceptors (Lipinski definition) is 2. The van der Waals surface area contributed by atoms with Gasteiger partial charge in [0.2, 0.25) is 10.0 Å². The molecule has 0 aromatic rings. The van der Waals surface area contributed by atoms with Crippen LogP contribution in [0.4, 0.5) is 0 Å². The number of hydrogen-bond donors (Lipinski definition) is 0. The second-order valence-electron chi connectivity index (χ2n) is 3.84. The van der Waals surface area contributed by atoms with Gasteiger partial charge in [-0.2, -0.15) is 4.31 Å². The van der Waals surface area contributed by atoms with Crippen LogP contribution in [0.25, 0.3) is 0 Å². The molecule has 0 spiro atoms. The molecule has 0 radical (unpaired) electrons. The minimum absolute atomic E-state index is 0.293. The molecule has 3 atom stereocenters. The van der Waals surface area contributed by atoms with Crippen molar-refractivity contribution < 1.29 is 8.42 Å². The van der Waals surface area contributed by atoms with E-state index < -0.39 is 10.0 Å². The Morgan fingerprint density at radius 1 is 1.46 bits per heavy atom. The average Bonchev–Trinajstić information content (AvgIpc) is 2.82. The van der Waals surface area contributed by atoms with Crippen LogP contribution in [0.3, 0.4) is 0 Å². The van der Waals surface area contributed by atoms with E-state index in [9.17, 15) is 8.42 Å². The molecule has 0 aromatic heterocycles. The van der Waals surface area contributed by atoms with Gasteiger partial charge in [-0.1, -0.05) is 27.2 Å². The highest BCUT2D eigenvalue weighted by Gasteiger charge is 2.45. The molecule has 0 aromatic carbocycles. The zero-order chi connectivity index (χ0) is 10.1. The Hall–Kier alpha value is -0.0900. The Morgan fingerprint density at radius 2 is 2.08 bits per heavy atom. The fraction of sp³-hybridized carbons (Fsp3) is 1.00. The molecule has 3 nitrogen and oxygen atoms in total. The van der Waals surface area contributed by atoms with E-state index in [1.165, 1.54) is 0 Å². The summed E-state index contributed by atoms with van der Waals surface area (Å²) in [5.74, 6) is 0.812. The van der Waals surface area contributed by atoms with E-state index in [1.54, 1.807) is 4.31 Å². The van der Waals surface area contributed by atoms with E-state index >= 15 is 0 Å². The molecule has 1 aliphatic rings. The van der Waals surface area contributed by atoms with Crippen molar-refractivity contribution in [1.29, 1.82) is 0 Å². The predicted octanol–water partition coefficient (Wildman–Crippen LogP) is 1.46. The van der Waals surface area contributed by atoms with Crippen LogP contribution in [-0.2, 0) is 10.0 Å². The van der Waals surface area contributed by atoms with Crippen LogP contribution in [0, 0.1) is 5.92 Å². The summed E-state index contributed by atoms with van der Waals surface area (Å²) in [4.78, 5) is 0. The maximum Gasteiger partial charge on any atom is 0.214 e. The predicted molar refractivity (Wildman–Crippen MR) is 54.0 cm³/mol. The second kappa shape index (κ2) is 3.96. The van der Waals surface area contributed by atoms with E-state index in [1.807, 2.05) is 6.92 Å². The molecular formula is C9H19NO2S. The lowest BCUT2D eigenvalue weighted by Crippen LogP contribution is -2.20. The largest absolute Gasteiger partial charge is 0.214 e. The Balaban J connectivity index is 2.50. The van der Waals surface area contributed by atoms with Gasteiger partial charge in [0.05, 0.1) is 5.75 Å². The Bertz CT molecular complexity index is 261. The van der Waals surface area contributed by atoms with Crippen molar-refractivity contribution in [2.45, 2.75) is 39.7 Å². The van der Waals surface area contributed by atoms with Gasteiger partial charge in [0, 0.05) is 12.6 Å². The number of rotatable bonds is 5. The van der Waals surface area contributed by atoms with Gasteiger partial charge in [-0.3, -0.25) is 0 Å². The van der Waals surface area contributed by atoms with E-state index in [0.29, 0.717) is 24.1 Å². The monoisotopic (exact) mass is 205 g/mol. The molecule has 1 fully saturated rings. The molecule has 1 heterocycles. The molecule has 0 saturated carbocycles. The van der Waals surface area contributed by atoms with Gasteiger partial charge in [0.1, 0.15) is 0 Å². The highest BCUT2D eigenvalue weighted by atomic mass is 32.2. The third-order valence-corrected chi connectivity index (χ3v) is 4.78. The lowest BCUT2D eigenvalue weighted by Gasteiger charge is -2.08. The first kappa shape index (κ1) is 11.0. The summed E-state index contributed by atoms with van der Waals surface area (Å²) in [6.07, 6.45) is 1.77. The number of sulfonamides is 1. The third-order valence-electron chi connectivity index (χ3n) is 2.72. The van der Waals surface area contributed by atoms with Crippen molar-refractivity contribution in [2.75, 3.05) is 12.3 Å².